The SMILES string of the molecule is C=Cc1ccc(Cn2nc3n(C)c(=O)c4ccc(C(=O)NC5CCCC5)cc4n3c2=O)cc1. The van der Waals surface area contributed by atoms with Crippen LogP contribution in [-0.2, 0) is 13.6 Å². The topological polar surface area (TPSA) is 90.4 Å². The van der Waals surface area contributed by atoms with E-state index in [4.69, 9.17) is 0 Å². The lowest BCUT2D eigenvalue weighted by atomic mass is 10.1. The fourth-order valence-electron chi connectivity index (χ4n) is 4.51. The molecule has 2 aromatic heterocycles. The Kier molecular flexibility index (Phi) is 5.20. The third-order valence-corrected chi connectivity index (χ3v) is 6.40. The van der Waals surface area contributed by atoms with Crippen molar-refractivity contribution in [3.8, 4) is 0 Å². The summed E-state index contributed by atoms with van der Waals surface area (Å²) in [6.45, 7) is 4.01. The molecular formula is C25H25N5O3. The van der Waals surface area contributed by atoms with E-state index in [1.165, 1.54) is 13.6 Å². The van der Waals surface area contributed by atoms with E-state index in [9.17, 15) is 14.4 Å². The number of hydrogen-bond acceptors (Lipinski definition) is 4. The molecule has 168 valence electrons. The molecule has 2 aromatic carbocycles. The van der Waals surface area contributed by atoms with Crippen LogP contribution < -0.4 is 16.6 Å². The number of fused-ring (bicyclic) bond motifs is 3. The highest BCUT2D eigenvalue weighted by Crippen LogP contribution is 2.19. The minimum atomic E-state index is -0.369. The molecule has 8 heteroatoms. The van der Waals surface area contributed by atoms with Gasteiger partial charge in [-0.25, -0.2) is 13.9 Å². The Bertz CT molecular complexity index is 1500. The molecule has 33 heavy (non-hydrogen) atoms. The molecule has 1 aliphatic rings. The Labute approximate surface area is 189 Å². The van der Waals surface area contributed by atoms with Gasteiger partial charge < -0.3 is 5.32 Å². The predicted molar refractivity (Wildman–Crippen MR) is 128 cm³/mol. The van der Waals surface area contributed by atoms with Gasteiger partial charge in [-0.1, -0.05) is 49.8 Å². The first-order valence-corrected chi connectivity index (χ1v) is 11.1. The quantitative estimate of drug-likeness (QED) is 0.514. The molecule has 1 fully saturated rings. The summed E-state index contributed by atoms with van der Waals surface area (Å²) in [5.41, 5.74) is 2.04. The van der Waals surface area contributed by atoms with Crippen molar-refractivity contribution >= 4 is 28.7 Å². The van der Waals surface area contributed by atoms with E-state index >= 15 is 0 Å². The Morgan fingerprint density at radius 1 is 1.15 bits per heavy atom. The lowest BCUT2D eigenvalue weighted by Gasteiger charge is -2.12. The van der Waals surface area contributed by atoms with Gasteiger partial charge >= 0.3 is 5.69 Å². The first kappa shape index (κ1) is 20.9. The van der Waals surface area contributed by atoms with E-state index in [-0.39, 0.29) is 35.5 Å². The van der Waals surface area contributed by atoms with E-state index < -0.39 is 0 Å². The van der Waals surface area contributed by atoms with Crippen molar-refractivity contribution in [1.82, 2.24) is 24.1 Å². The zero-order valence-electron chi connectivity index (χ0n) is 18.5. The third-order valence-electron chi connectivity index (χ3n) is 6.40. The molecule has 8 nitrogen and oxygen atoms in total. The molecular weight excluding hydrogens is 418 g/mol. The van der Waals surface area contributed by atoms with Crippen LogP contribution in [0.25, 0.3) is 22.8 Å². The van der Waals surface area contributed by atoms with Crippen LogP contribution in [0, 0.1) is 0 Å². The summed E-state index contributed by atoms with van der Waals surface area (Å²) >= 11 is 0. The molecule has 0 atom stereocenters. The largest absolute Gasteiger partial charge is 0.352 e. The van der Waals surface area contributed by atoms with Crippen LogP contribution in [-0.4, -0.2) is 30.7 Å². The van der Waals surface area contributed by atoms with Gasteiger partial charge in [0.15, 0.2) is 0 Å². The molecule has 1 N–H and O–H groups in total. The number of carbonyl (C=O) groups is 1. The Morgan fingerprint density at radius 3 is 2.58 bits per heavy atom. The normalized spacial score (nSPS) is 14.2. The van der Waals surface area contributed by atoms with Crippen LogP contribution in [0.3, 0.4) is 0 Å². The van der Waals surface area contributed by atoms with E-state index in [2.05, 4.69) is 17.0 Å². The molecule has 0 saturated heterocycles. The standard InChI is InChI=1S/C25H25N5O3/c1-3-16-8-10-17(11-9-16)15-29-25(33)30-21-14-18(22(31)26-19-6-4-5-7-19)12-13-20(21)23(32)28(2)24(30)27-29/h3,8-14,19H,1,4-7,15H2,2H3,(H,26,31). The number of nitrogens with zero attached hydrogens (tertiary/aromatic N) is 4. The molecule has 0 bridgehead atoms. The lowest BCUT2D eigenvalue weighted by molar-refractivity contribution is 0.0938. The second-order valence-corrected chi connectivity index (χ2v) is 8.57. The third kappa shape index (κ3) is 3.67. The summed E-state index contributed by atoms with van der Waals surface area (Å²) in [6, 6.07) is 12.7. The highest BCUT2D eigenvalue weighted by atomic mass is 16.2. The van der Waals surface area contributed by atoms with Gasteiger partial charge in [0, 0.05) is 18.7 Å². The zero-order valence-corrected chi connectivity index (χ0v) is 18.5. The van der Waals surface area contributed by atoms with Crippen LogP contribution in [0.15, 0.2) is 58.6 Å². The molecule has 4 aromatic rings. The molecule has 0 radical (unpaired) electrons. The van der Waals surface area contributed by atoms with Crippen molar-refractivity contribution in [2.75, 3.05) is 0 Å². The summed E-state index contributed by atoms with van der Waals surface area (Å²) < 4.78 is 4.10. The summed E-state index contributed by atoms with van der Waals surface area (Å²) in [6.07, 6.45) is 5.94. The van der Waals surface area contributed by atoms with Crippen LogP contribution in [0.2, 0.25) is 0 Å². The van der Waals surface area contributed by atoms with Gasteiger partial charge in [-0.15, -0.1) is 5.10 Å². The smallest absolute Gasteiger partial charge is 0.349 e. The fraction of sp³-hybridized carbons (Fsp3) is 0.280. The number of amides is 1. The summed E-state index contributed by atoms with van der Waals surface area (Å²) in [7, 11) is 1.59. The van der Waals surface area contributed by atoms with Crippen molar-refractivity contribution in [2.45, 2.75) is 38.3 Å². The number of aryl methyl sites for hydroxylation is 1. The number of aromatic nitrogens is 4. The zero-order chi connectivity index (χ0) is 23.1. The van der Waals surface area contributed by atoms with Gasteiger partial charge in [-0.3, -0.25) is 14.2 Å². The van der Waals surface area contributed by atoms with Gasteiger partial charge in [0.2, 0.25) is 5.78 Å². The molecule has 0 aliphatic heterocycles. The maximum Gasteiger partial charge on any atom is 0.352 e. The monoisotopic (exact) mass is 443 g/mol. The van der Waals surface area contributed by atoms with Gasteiger partial charge in [0.05, 0.1) is 17.4 Å². The van der Waals surface area contributed by atoms with E-state index in [1.54, 1.807) is 31.3 Å². The fourth-order valence-corrected chi connectivity index (χ4v) is 4.51. The van der Waals surface area contributed by atoms with E-state index in [0.717, 1.165) is 36.8 Å². The highest BCUT2D eigenvalue weighted by Gasteiger charge is 2.20. The van der Waals surface area contributed by atoms with E-state index in [1.807, 2.05) is 24.3 Å². The average Bonchev–Trinajstić information content (AvgIpc) is 3.45. The van der Waals surface area contributed by atoms with Gasteiger partial charge in [0.1, 0.15) is 0 Å². The van der Waals surface area contributed by atoms with Crippen LogP contribution in [0.4, 0.5) is 0 Å². The molecule has 1 saturated carbocycles. The predicted octanol–water partition coefficient (Wildman–Crippen LogP) is 2.71. The van der Waals surface area contributed by atoms with Crippen molar-refractivity contribution in [1.29, 1.82) is 0 Å². The molecule has 1 amide bonds. The molecule has 2 heterocycles. The van der Waals surface area contributed by atoms with Gasteiger partial charge in [0.25, 0.3) is 11.5 Å². The maximum atomic E-state index is 13.3. The Hall–Kier alpha value is -3.94. The summed E-state index contributed by atoms with van der Waals surface area (Å²) in [4.78, 5) is 39.1. The van der Waals surface area contributed by atoms with Crippen molar-refractivity contribution in [2.24, 2.45) is 7.05 Å². The van der Waals surface area contributed by atoms with Crippen LogP contribution in [0.1, 0.15) is 47.2 Å². The van der Waals surface area contributed by atoms with Crippen molar-refractivity contribution in [3.63, 3.8) is 0 Å². The van der Waals surface area contributed by atoms with Gasteiger partial charge in [-0.05, 0) is 42.2 Å². The molecule has 5 rings (SSSR count). The maximum absolute atomic E-state index is 13.3. The average molecular weight is 444 g/mol. The summed E-state index contributed by atoms with van der Waals surface area (Å²) in [5.74, 6) is 0.0361. The molecule has 1 aliphatic carbocycles. The second kappa shape index (κ2) is 8.20. The Morgan fingerprint density at radius 2 is 1.88 bits per heavy atom. The number of hydrogen-bond donors (Lipinski definition) is 1. The van der Waals surface area contributed by atoms with Gasteiger partial charge in [-0.2, -0.15) is 0 Å². The Balaban J connectivity index is 1.61. The molecule has 0 unspecified atom stereocenters. The summed E-state index contributed by atoms with van der Waals surface area (Å²) in [5, 5.41) is 7.85. The number of nitrogens with one attached hydrogen (secondary N) is 1. The van der Waals surface area contributed by atoms with Crippen molar-refractivity contribution < 1.29 is 4.79 Å². The first-order chi connectivity index (χ1) is 16.0. The second-order valence-electron chi connectivity index (χ2n) is 8.57. The minimum Gasteiger partial charge on any atom is -0.349 e. The number of benzene rings is 2. The highest BCUT2D eigenvalue weighted by molar-refractivity contribution is 5.98. The number of rotatable bonds is 5. The number of carbonyl (C=O) groups excluding carboxylic acids is 1. The lowest BCUT2D eigenvalue weighted by Crippen LogP contribution is -2.32. The van der Waals surface area contributed by atoms with E-state index in [0.29, 0.717) is 16.5 Å². The van der Waals surface area contributed by atoms with Crippen LogP contribution in [0.5, 0.6) is 0 Å². The first-order valence-electron chi connectivity index (χ1n) is 11.1. The molecule has 0 spiro atoms. The van der Waals surface area contributed by atoms with Crippen molar-refractivity contribution in [3.05, 3.63) is 86.6 Å². The van der Waals surface area contributed by atoms with Crippen LogP contribution >= 0.6 is 0 Å². The minimum absolute atomic E-state index is 0.176.